The molecule has 0 radical (unpaired) electrons. The molecule has 7 heteroatoms. The number of aliphatic hydroxyl groups is 2. The predicted octanol–water partition coefficient (Wildman–Crippen LogP) is 1.37. The summed E-state index contributed by atoms with van der Waals surface area (Å²) < 4.78 is 5.05. The van der Waals surface area contributed by atoms with Crippen molar-refractivity contribution in [3.05, 3.63) is 59.9 Å². The van der Waals surface area contributed by atoms with Gasteiger partial charge >= 0.3 is 6.09 Å². The topological polar surface area (TPSA) is 118 Å². The fourth-order valence-corrected chi connectivity index (χ4v) is 2.11. The molecule has 1 amide bonds. The van der Waals surface area contributed by atoms with Crippen molar-refractivity contribution < 1.29 is 19.7 Å². The number of alkyl carbamates (subject to hydrolysis) is 1. The molecule has 1 aromatic carbocycles. The van der Waals surface area contributed by atoms with E-state index < -0.39 is 18.3 Å². The fraction of sp³-hybridized carbons (Fsp3) is 0.294. The molecular weight excluding hydrogens is 310 g/mol. The number of rotatable bonds is 7. The van der Waals surface area contributed by atoms with Crippen LogP contribution in [0.3, 0.4) is 0 Å². The van der Waals surface area contributed by atoms with Crippen molar-refractivity contribution in [3.8, 4) is 0 Å². The monoisotopic (exact) mass is 331 g/mol. The molecule has 7 nitrogen and oxygen atoms in total. The number of nitrogens with zero attached hydrogens (tertiary/aromatic N) is 1. The lowest BCUT2D eigenvalue weighted by Crippen LogP contribution is -2.30. The summed E-state index contributed by atoms with van der Waals surface area (Å²) in [5.41, 5.74) is 7.11. The minimum absolute atomic E-state index is 0.137. The van der Waals surface area contributed by atoms with Crippen LogP contribution < -0.4 is 11.1 Å². The van der Waals surface area contributed by atoms with E-state index in [1.54, 1.807) is 12.1 Å². The Bertz CT molecular complexity index is 651. The molecule has 5 N–H and O–H groups in total. The van der Waals surface area contributed by atoms with Crippen molar-refractivity contribution in [1.82, 2.24) is 10.3 Å². The smallest absolute Gasteiger partial charge is 0.407 e. The SMILES string of the molecule is Nc1cccnc1C(O)C(O)CCNC(=O)OCc1ccccc1. The first-order valence-electron chi connectivity index (χ1n) is 7.59. The number of carbonyl (C=O) groups excluding carboxylic acids is 1. The number of aromatic nitrogens is 1. The number of hydrogen-bond acceptors (Lipinski definition) is 6. The molecule has 0 aliphatic carbocycles. The maximum Gasteiger partial charge on any atom is 0.407 e. The van der Waals surface area contributed by atoms with E-state index in [0.29, 0.717) is 5.69 Å². The highest BCUT2D eigenvalue weighted by Crippen LogP contribution is 2.21. The lowest BCUT2D eigenvalue weighted by Gasteiger charge is -2.18. The van der Waals surface area contributed by atoms with Crippen molar-refractivity contribution in [3.63, 3.8) is 0 Å². The van der Waals surface area contributed by atoms with Crippen molar-refractivity contribution in [2.45, 2.75) is 25.2 Å². The standard InChI is InChI=1S/C17H21N3O4/c18-13-7-4-9-19-15(13)16(22)14(21)8-10-20-17(23)24-11-12-5-2-1-3-6-12/h1-7,9,14,16,21-22H,8,10-11,18H2,(H,20,23). The first-order valence-corrected chi connectivity index (χ1v) is 7.59. The summed E-state index contributed by atoms with van der Waals surface area (Å²) in [5.74, 6) is 0. The molecule has 1 aromatic heterocycles. The van der Waals surface area contributed by atoms with Gasteiger partial charge in [0.2, 0.25) is 0 Å². The molecule has 2 atom stereocenters. The minimum atomic E-state index is -1.21. The van der Waals surface area contributed by atoms with Gasteiger partial charge in [-0.1, -0.05) is 30.3 Å². The number of amides is 1. The number of nitrogens with two attached hydrogens (primary N) is 1. The van der Waals surface area contributed by atoms with Crippen LogP contribution in [0.15, 0.2) is 48.7 Å². The molecule has 24 heavy (non-hydrogen) atoms. The maximum atomic E-state index is 11.6. The van der Waals surface area contributed by atoms with Crippen LogP contribution in [0.5, 0.6) is 0 Å². The van der Waals surface area contributed by atoms with Gasteiger partial charge in [-0.05, 0) is 24.1 Å². The van der Waals surface area contributed by atoms with Crippen LogP contribution in [0, 0.1) is 0 Å². The number of ether oxygens (including phenoxy) is 1. The van der Waals surface area contributed by atoms with Gasteiger partial charge in [-0.2, -0.15) is 0 Å². The second-order valence-electron chi connectivity index (χ2n) is 5.27. The van der Waals surface area contributed by atoms with Gasteiger partial charge in [0, 0.05) is 12.7 Å². The van der Waals surface area contributed by atoms with Gasteiger partial charge in [0.1, 0.15) is 12.7 Å². The Hall–Kier alpha value is -2.64. The van der Waals surface area contributed by atoms with E-state index in [2.05, 4.69) is 10.3 Å². The maximum absolute atomic E-state index is 11.6. The number of aliphatic hydroxyl groups excluding tert-OH is 2. The van der Waals surface area contributed by atoms with Gasteiger partial charge in [0.15, 0.2) is 0 Å². The van der Waals surface area contributed by atoms with Crippen LogP contribution in [-0.4, -0.2) is 33.9 Å². The summed E-state index contributed by atoms with van der Waals surface area (Å²) in [6.07, 6.45) is -1.28. The molecule has 2 unspecified atom stereocenters. The first kappa shape index (κ1) is 17.7. The average Bonchev–Trinajstić information content (AvgIpc) is 2.60. The van der Waals surface area contributed by atoms with Crippen LogP contribution in [0.1, 0.15) is 23.8 Å². The Labute approximate surface area is 140 Å². The number of nitrogens with one attached hydrogen (secondary N) is 1. The highest BCUT2D eigenvalue weighted by Gasteiger charge is 2.21. The number of carbonyl (C=O) groups is 1. The molecular formula is C17H21N3O4. The number of hydrogen-bond donors (Lipinski definition) is 4. The number of nitrogen functional groups attached to an aromatic ring is 1. The van der Waals surface area contributed by atoms with Crippen molar-refractivity contribution in [1.29, 1.82) is 0 Å². The number of benzene rings is 1. The Morgan fingerprint density at radius 2 is 1.96 bits per heavy atom. The Morgan fingerprint density at radius 1 is 1.21 bits per heavy atom. The molecule has 0 fully saturated rings. The normalized spacial score (nSPS) is 13.1. The molecule has 2 aromatic rings. The Balaban J connectivity index is 1.71. The summed E-state index contributed by atoms with van der Waals surface area (Å²) in [6.45, 7) is 0.320. The van der Waals surface area contributed by atoms with Crippen LogP contribution >= 0.6 is 0 Å². The van der Waals surface area contributed by atoms with E-state index in [4.69, 9.17) is 10.5 Å². The molecule has 0 saturated carbocycles. The highest BCUT2D eigenvalue weighted by molar-refractivity contribution is 5.67. The van der Waals surface area contributed by atoms with E-state index in [9.17, 15) is 15.0 Å². The largest absolute Gasteiger partial charge is 0.445 e. The van der Waals surface area contributed by atoms with Crippen LogP contribution in [0.2, 0.25) is 0 Å². The van der Waals surface area contributed by atoms with E-state index in [1.807, 2.05) is 30.3 Å². The van der Waals surface area contributed by atoms with Gasteiger partial charge in [0.05, 0.1) is 17.5 Å². The summed E-state index contributed by atoms with van der Waals surface area (Å²) in [5, 5.41) is 22.6. The third kappa shape index (κ3) is 5.22. The van der Waals surface area contributed by atoms with Gasteiger partial charge in [-0.3, -0.25) is 4.98 Å². The number of anilines is 1. The lowest BCUT2D eigenvalue weighted by atomic mass is 10.1. The van der Waals surface area contributed by atoms with Crippen molar-refractivity contribution in [2.75, 3.05) is 12.3 Å². The zero-order valence-corrected chi connectivity index (χ0v) is 13.1. The zero-order chi connectivity index (χ0) is 17.4. The van der Waals surface area contributed by atoms with E-state index >= 15 is 0 Å². The molecule has 0 saturated heterocycles. The quantitative estimate of drug-likeness (QED) is 0.609. The number of pyridine rings is 1. The zero-order valence-electron chi connectivity index (χ0n) is 13.1. The molecule has 2 rings (SSSR count). The predicted molar refractivity (Wildman–Crippen MR) is 88.9 cm³/mol. The molecule has 0 spiro atoms. The van der Waals surface area contributed by atoms with E-state index in [-0.39, 0.29) is 25.3 Å². The molecule has 0 aliphatic rings. The highest BCUT2D eigenvalue weighted by atomic mass is 16.5. The summed E-state index contributed by atoms with van der Waals surface area (Å²) >= 11 is 0. The van der Waals surface area contributed by atoms with E-state index in [1.165, 1.54) is 6.20 Å². The molecule has 1 heterocycles. The molecule has 128 valence electrons. The van der Waals surface area contributed by atoms with Gasteiger partial charge < -0.3 is 26.0 Å². The second kappa shape index (κ2) is 8.85. The van der Waals surface area contributed by atoms with Crippen molar-refractivity contribution in [2.24, 2.45) is 0 Å². The van der Waals surface area contributed by atoms with Crippen LogP contribution in [0.25, 0.3) is 0 Å². The van der Waals surface area contributed by atoms with Gasteiger partial charge in [-0.15, -0.1) is 0 Å². The average molecular weight is 331 g/mol. The van der Waals surface area contributed by atoms with Crippen LogP contribution in [0.4, 0.5) is 10.5 Å². The van der Waals surface area contributed by atoms with Crippen LogP contribution in [-0.2, 0) is 11.3 Å². The summed E-state index contributed by atoms with van der Waals surface area (Å²) in [4.78, 5) is 15.5. The third-order valence-electron chi connectivity index (χ3n) is 3.44. The molecule has 0 aliphatic heterocycles. The second-order valence-corrected chi connectivity index (χ2v) is 5.27. The van der Waals surface area contributed by atoms with E-state index in [0.717, 1.165) is 5.56 Å². The Kier molecular flexibility index (Phi) is 6.53. The van der Waals surface area contributed by atoms with Gasteiger partial charge in [-0.25, -0.2) is 4.79 Å². The molecule has 0 bridgehead atoms. The summed E-state index contributed by atoms with van der Waals surface area (Å²) in [7, 11) is 0. The van der Waals surface area contributed by atoms with Crippen molar-refractivity contribution >= 4 is 11.8 Å². The minimum Gasteiger partial charge on any atom is -0.445 e. The Morgan fingerprint density at radius 3 is 2.67 bits per heavy atom. The third-order valence-corrected chi connectivity index (χ3v) is 3.44. The fourth-order valence-electron chi connectivity index (χ4n) is 2.11. The first-order chi connectivity index (χ1) is 11.6. The summed E-state index contributed by atoms with van der Waals surface area (Å²) in [6, 6.07) is 12.5. The van der Waals surface area contributed by atoms with Gasteiger partial charge in [0.25, 0.3) is 0 Å². The lowest BCUT2D eigenvalue weighted by molar-refractivity contribution is 0.0116.